The Labute approximate surface area is 150 Å². The lowest BCUT2D eigenvalue weighted by atomic mass is 10.0. The largest absolute Gasteiger partial charge is 0.497 e. The molecule has 0 unspecified atom stereocenters. The number of methoxy groups -OCH3 is 2. The van der Waals surface area contributed by atoms with Crippen molar-refractivity contribution >= 4 is 17.8 Å². The van der Waals surface area contributed by atoms with Crippen molar-refractivity contribution in [1.29, 1.82) is 0 Å². The highest BCUT2D eigenvalue weighted by Crippen LogP contribution is 2.37. The lowest BCUT2D eigenvalue weighted by molar-refractivity contribution is -0.142. The van der Waals surface area contributed by atoms with Crippen molar-refractivity contribution in [1.82, 2.24) is 0 Å². The summed E-state index contributed by atoms with van der Waals surface area (Å²) in [5.41, 5.74) is 1.99. The third-order valence-corrected chi connectivity index (χ3v) is 3.92. The summed E-state index contributed by atoms with van der Waals surface area (Å²) in [6.07, 6.45) is 1.67. The number of benzene rings is 2. The predicted octanol–water partition coefficient (Wildman–Crippen LogP) is 3.17. The zero-order valence-electron chi connectivity index (χ0n) is 14.7. The Morgan fingerprint density at radius 1 is 1.15 bits per heavy atom. The van der Waals surface area contributed by atoms with Gasteiger partial charge in [-0.1, -0.05) is 12.1 Å². The van der Waals surface area contributed by atoms with Crippen molar-refractivity contribution in [3.63, 3.8) is 0 Å². The van der Waals surface area contributed by atoms with Crippen LogP contribution in [-0.2, 0) is 9.53 Å². The quantitative estimate of drug-likeness (QED) is 0.607. The van der Waals surface area contributed by atoms with E-state index < -0.39 is 5.97 Å². The van der Waals surface area contributed by atoms with Gasteiger partial charge in [-0.2, -0.15) is 0 Å². The van der Waals surface area contributed by atoms with Crippen molar-refractivity contribution in [3.05, 3.63) is 58.8 Å². The molecule has 2 aromatic carbocycles. The van der Waals surface area contributed by atoms with Crippen LogP contribution in [0.4, 0.5) is 0 Å². The first-order valence-corrected chi connectivity index (χ1v) is 7.94. The number of allylic oxidation sites excluding steroid dienone is 1. The smallest absolute Gasteiger partial charge is 0.343 e. The van der Waals surface area contributed by atoms with Gasteiger partial charge in [0, 0.05) is 6.07 Å². The van der Waals surface area contributed by atoms with Crippen molar-refractivity contribution in [2.24, 2.45) is 0 Å². The van der Waals surface area contributed by atoms with Gasteiger partial charge >= 0.3 is 5.97 Å². The van der Waals surface area contributed by atoms with Crippen LogP contribution in [0.3, 0.4) is 0 Å². The molecular formula is C20H18O6. The number of ether oxygens (including phenoxy) is 4. The highest BCUT2D eigenvalue weighted by molar-refractivity contribution is 6.15. The maximum Gasteiger partial charge on any atom is 0.343 e. The fourth-order valence-electron chi connectivity index (χ4n) is 2.64. The van der Waals surface area contributed by atoms with Crippen LogP contribution >= 0.6 is 0 Å². The molecule has 0 radical (unpaired) electrons. The lowest BCUT2D eigenvalue weighted by Gasteiger charge is -2.08. The van der Waals surface area contributed by atoms with Gasteiger partial charge in [0.2, 0.25) is 5.78 Å². The first-order valence-electron chi connectivity index (χ1n) is 7.94. The number of rotatable bonds is 5. The highest BCUT2D eigenvalue weighted by Gasteiger charge is 2.30. The number of hydrogen-bond donors (Lipinski definition) is 0. The summed E-state index contributed by atoms with van der Waals surface area (Å²) in [6.45, 7) is 1.58. The summed E-state index contributed by atoms with van der Waals surface area (Å²) in [5.74, 6) is 1.07. The molecule has 134 valence electrons. The molecule has 0 saturated heterocycles. The maximum absolute atomic E-state index is 12.7. The number of esters is 1. The summed E-state index contributed by atoms with van der Waals surface area (Å²) in [5, 5.41) is 0. The van der Waals surface area contributed by atoms with Gasteiger partial charge in [-0.15, -0.1) is 0 Å². The zero-order valence-corrected chi connectivity index (χ0v) is 14.7. The minimum absolute atomic E-state index is 0.195. The van der Waals surface area contributed by atoms with Crippen LogP contribution in [-0.4, -0.2) is 32.6 Å². The summed E-state index contributed by atoms with van der Waals surface area (Å²) >= 11 is 0. The van der Waals surface area contributed by atoms with E-state index in [-0.39, 0.29) is 18.1 Å². The summed E-state index contributed by atoms with van der Waals surface area (Å²) in [4.78, 5) is 23.9. The molecule has 1 aliphatic heterocycles. The molecule has 1 aliphatic rings. The van der Waals surface area contributed by atoms with Crippen molar-refractivity contribution in [2.45, 2.75) is 6.92 Å². The van der Waals surface area contributed by atoms with Crippen LogP contribution in [0.2, 0.25) is 0 Å². The van der Waals surface area contributed by atoms with Gasteiger partial charge in [-0.25, -0.2) is 4.79 Å². The molecule has 6 nitrogen and oxygen atoms in total. The van der Waals surface area contributed by atoms with Gasteiger partial charge in [0.15, 0.2) is 12.4 Å². The lowest BCUT2D eigenvalue weighted by Crippen LogP contribution is -2.12. The van der Waals surface area contributed by atoms with E-state index in [0.29, 0.717) is 28.4 Å². The molecule has 0 N–H and O–H groups in total. The van der Waals surface area contributed by atoms with Gasteiger partial charge in [-0.05, 0) is 42.3 Å². The van der Waals surface area contributed by atoms with Crippen molar-refractivity contribution in [2.75, 3.05) is 20.8 Å². The summed E-state index contributed by atoms with van der Waals surface area (Å²) in [7, 11) is 2.87. The fraction of sp³-hybridized carbons (Fsp3) is 0.200. The highest BCUT2D eigenvalue weighted by atomic mass is 16.6. The van der Waals surface area contributed by atoms with Gasteiger partial charge in [0.05, 0.1) is 19.8 Å². The Balaban J connectivity index is 1.87. The van der Waals surface area contributed by atoms with Crippen LogP contribution in [0, 0.1) is 6.92 Å². The first-order chi connectivity index (χ1) is 12.5. The normalized spacial score (nSPS) is 14.0. The van der Waals surface area contributed by atoms with Crippen LogP contribution in [0.25, 0.3) is 6.08 Å². The second kappa shape index (κ2) is 7.31. The van der Waals surface area contributed by atoms with Crippen LogP contribution in [0.15, 0.2) is 42.2 Å². The second-order valence-electron chi connectivity index (χ2n) is 5.69. The minimum atomic E-state index is -0.487. The Morgan fingerprint density at radius 3 is 2.69 bits per heavy atom. The van der Waals surface area contributed by atoms with Crippen molar-refractivity contribution in [3.8, 4) is 17.2 Å². The van der Waals surface area contributed by atoms with E-state index in [1.807, 2.05) is 24.3 Å². The molecule has 0 bridgehead atoms. The second-order valence-corrected chi connectivity index (χ2v) is 5.69. The van der Waals surface area contributed by atoms with E-state index in [4.69, 9.17) is 14.2 Å². The van der Waals surface area contributed by atoms with Crippen LogP contribution < -0.4 is 14.2 Å². The number of Topliss-reactive ketones (excluding diaryl/α,β-unsaturated/α-hetero) is 1. The number of carbonyl (C=O) groups excluding carboxylic acids is 2. The molecule has 0 fully saturated rings. The number of hydrogen-bond acceptors (Lipinski definition) is 6. The van der Waals surface area contributed by atoms with Gasteiger partial charge in [0.1, 0.15) is 17.2 Å². The summed E-state index contributed by atoms with van der Waals surface area (Å²) in [6, 6.07) is 10.6. The van der Waals surface area contributed by atoms with E-state index in [1.165, 1.54) is 7.11 Å². The third kappa shape index (κ3) is 3.54. The van der Waals surface area contributed by atoms with E-state index in [0.717, 1.165) is 5.56 Å². The van der Waals surface area contributed by atoms with E-state index in [2.05, 4.69) is 4.74 Å². The molecule has 0 aromatic heterocycles. The fourth-order valence-corrected chi connectivity index (χ4v) is 2.64. The molecule has 0 atom stereocenters. The van der Waals surface area contributed by atoms with Gasteiger partial charge in [-0.3, -0.25) is 4.79 Å². The summed E-state index contributed by atoms with van der Waals surface area (Å²) < 4.78 is 20.8. The Hall–Kier alpha value is -3.28. The standard InChI is InChI=1S/C20H18O6/c1-12-7-15(25-11-18(21)24-3)10-16-19(12)20(22)17(26-16)9-13-5-4-6-14(8-13)23-2/h4-10H,11H2,1-3H3/b17-9-. The molecular weight excluding hydrogens is 336 g/mol. The topological polar surface area (TPSA) is 71.1 Å². The van der Waals surface area contributed by atoms with E-state index in [1.54, 1.807) is 32.2 Å². The molecule has 1 heterocycles. The number of ketones is 1. The maximum atomic E-state index is 12.7. The zero-order chi connectivity index (χ0) is 18.7. The van der Waals surface area contributed by atoms with Crippen molar-refractivity contribution < 1.29 is 28.5 Å². The van der Waals surface area contributed by atoms with Crippen LogP contribution in [0.1, 0.15) is 21.5 Å². The molecule has 26 heavy (non-hydrogen) atoms. The monoisotopic (exact) mass is 354 g/mol. The third-order valence-electron chi connectivity index (χ3n) is 3.92. The average Bonchev–Trinajstić information content (AvgIpc) is 2.95. The molecule has 0 aliphatic carbocycles. The van der Waals surface area contributed by atoms with Gasteiger partial charge < -0.3 is 18.9 Å². The van der Waals surface area contributed by atoms with E-state index in [9.17, 15) is 9.59 Å². The Bertz CT molecular complexity index is 897. The molecule has 2 aromatic rings. The molecule has 0 amide bonds. The SMILES string of the molecule is COC(=O)COc1cc(C)c2c(c1)O/C(=C\c1cccc(OC)c1)C2=O. The molecule has 3 rings (SSSR count). The molecule has 0 saturated carbocycles. The van der Waals surface area contributed by atoms with E-state index >= 15 is 0 Å². The van der Waals surface area contributed by atoms with Gasteiger partial charge in [0.25, 0.3) is 0 Å². The predicted molar refractivity (Wildman–Crippen MR) is 94.6 cm³/mol. The minimum Gasteiger partial charge on any atom is -0.497 e. The molecule has 6 heteroatoms. The Kier molecular flexibility index (Phi) is 4.93. The number of carbonyl (C=O) groups is 2. The number of fused-ring (bicyclic) bond motifs is 1. The number of aryl methyl sites for hydroxylation is 1. The average molecular weight is 354 g/mol. The van der Waals surface area contributed by atoms with Crippen LogP contribution in [0.5, 0.6) is 17.2 Å². The molecule has 0 spiro atoms. The first kappa shape index (κ1) is 17.5. The Morgan fingerprint density at radius 2 is 1.96 bits per heavy atom.